The normalized spacial score (nSPS) is 17.2. The molecule has 0 aliphatic carbocycles. The van der Waals surface area contributed by atoms with Gasteiger partial charge >= 0.3 is 0 Å². The Bertz CT molecular complexity index is 1040. The maximum atomic E-state index is 13.4. The number of aromatic nitrogens is 5. The number of nitrogens with zero attached hydrogens (tertiary/aromatic N) is 5. The molecule has 1 amide bonds. The quantitative estimate of drug-likeness (QED) is 0.549. The predicted molar refractivity (Wildman–Crippen MR) is 108 cm³/mol. The van der Waals surface area contributed by atoms with Gasteiger partial charge in [0.2, 0.25) is 11.1 Å². The van der Waals surface area contributed by atoms with Crippen molar-refractivity contribution in [3.8, 4) is 11.3 Å². The average molecular weight is 453 g/mol. The molecule has 1 aliphatic rings. The fourth-order valence-corrected chi connectivity index (χ4v) is 4.44. The lowest BCUT2D eigenvalue weighted by atomic mass is 10.2. The Morgan fingerprint density at radius 2 is 2.30 bits per heavy atom. The summed E-state index contributed by atoms with van der Waals surface area (Å²) in [7, 11) is 0. The van der Waals surface area contributed by atoms with Crippen LogP contribution in [-0.2, 0) is 16.1 Å². The van der Waals surface area contributed by atoms with Gasteiger partial charge in [-0.3, -0.25) is 4.79 Å². The topological polar surface area (TPSA) is 94.8 Å². The molecule has 158 valence electrons. The molecule has 30 heavy (non-hydrogen) atoms. The first-order chi connectivity index (χ1) is 14.5. The number of hydrogen-bond acceptors (Lipinski definition) is 8. The van der Waals surface area contributed by atoms with Gasteiger partial charge in [0.15, 0.2) is 16.8 Å². The van der Waals surface area contributed by atoms with E-state index in [1.165, 1.54) is 29.2 Å². The minimum Gasteiger partial charge on any atom is -0.376 e. The Labute approximate surface area is 179 Å². The zero-order valence-corrected chi connectivity index (χ0v) is 17.6. The highest BCUT2D eigenvalue weighted by molar-refractivity contribution is 8.00. The van der Waals surface area contributed by atoms with Crippen LogP contribution in [0.3, 0.4) is 0 Å². The summed E-state index contributed by atoms with van der Waals surface area (Å²) in [6.07, 6.45) is 2.07. The SMILES string of the molecule is CC(Sc1nnnn1CC1CCCO1)C(=O)Nc1nc(-c2ccc(F)c(F)c2)cs1. The van der Waals surface area contributed by atoms with Crippen molar-refractivity contribution in [2.45, 2.75) is 42.8 Å². The number of carbonyl (C=O) groups is 1. The maximum absolute atomic E-state index is 13.4. The van der Waals surface area contributed by atoms with Gasteiger partial charge in [0.05, 0.1) is 23.6 Å². The van der Waals surface area contributed by atoms with Gasteiger partial charge in [0.1, 0.15) is 0 Å². The third-order valence-corrected chi connectivity index (χ3v) is 6.33. The summed E-state index contributed by atoms with van der Waals surface area (Å²) < 4.78 is 33.8. The molecule has 8 nitrogen and oxygen atoms in total. The molecule has 0 spiro atoms. The first-order valence-electron chi connectivity index (χ1n) is 9.26. The van der Waals surface area contributed by atoms with Crippen LogP contribution in [0.15, 0.2) is 28.7 Å². The van der Waals surface area contributed by atoms with E-state index in [0.29, 0.717) is 28.1 Å². The Kier molecular flexibility index (Phi) is 6.35. The Balaban J connectivity index is 1.37. The molecule has 1 N–H and O–H groups in total. The van der Waals surface area contributed by atoms with Crippen LogP contribution in [0, 0.1) is 11.6 Å². The number of thiazole rings is 1. The number of hydrogen-bond donors (Lipinski definition) is 1. The number of benzene rings is 1. The largest absolute Gasteiger partial charge is 0.376 e. The molecular formula is C18H18F2N6O2S2. The van der Waals surface area contributed by atoms with Gasteiger partial charge in [0.25, 0.3) is 0 Å². The summed E-state index contributed by atoms with van der Waals surface area (Å²) in [4.78, 5) is 16.8. The molecule has 2 unspecified atom stereocenters. The van der Waals surface area contributed by atoms with Crippen LogP contribution in [0.2, 0.25) is 0 Å². The highest BCUT2D eigenvalue weighted by atomic mass is 32.2. The molecule has 2 aromatic heterocycles. The molecule has 2 atom stereocenters. The molecule has 3 heterocycles. The van der Waals surface area contributed by atoms with E-state index in [1.807, 2.05) is 0 Å². The van der Waals surface area contributed by atoms with E-state index < -0.39 is 16.9 Å². The van der Waals surface area contributed by atoms with Crippen LogP contribution in [0.25, 0.3) is 11.3 Å². The van der Waals surface area contributed by atoms with Crippen molar-refractivity contribution in [2.75, 3.05) is 11.9 Å². The van der Waals surface area contributed by atoms with Crippen molar-refractivity contribution < 1.29 is 18.3 Å². The van der Waals surface area contributed by atoms with E-state index >= 15 is 0 Å². The number of nitrogens with one attached hydrogen (secondary N) is 1. The zero-order chi connectivity index (χ0) is 21.1. The van der Waals surface area contributed by atoms with Crippen LogP contribution < -0.4 is 5.32 Å². The van der Waals surface area contributed by atoms with Gasteiger partial charge in [-0.05, 0) is 48.4 Å². The van der Waals surface area contributed by atoms with Crippen molar-refractivity contribution in [2.24, 2.45) is 0 Å². The molecule has 4 rings (SSSR count). The van der Waals surface area contributed by atoms with E-state index in [0.717, 1.165) is 31.6 Å². The van der Waals surface area contributed by atoms with Gasteiger partial charge in [-0.1, -0.05) is 11.8 Å². The number of amides is 1. The van der Waals surface area contributed by atoms with Crippen molar-refractivity contribution >= 4 is 34.1 Å². The van der Waals surface area contributed by atoms with Gasteiger partial charge < -0.3 is 10.1 Å². The molecule has 1 aliphatic heterocycles. The number of ether oxygens (including phenoxy) is 1. The average Bonchev–Trinajstić information content (AvgIpc) is 3.48. The fraction of sp³-hybridized carbons (Fsp3) is 0.389. The van der Waals surface area contributed by atoms with E-state index in [-0.39, 0.29) is 12.0 Å². The van der Waals surface area contributed by atoms with E-state index in [1.54, 1.807) is 17.0 Å². The number of anilines is 1. The molecule has 0 saturated carbocycles. The number of tetrazole rings is 1. The number of halogens is 2. The molecule has 1 fully saturated rings. The molecule has 1 aromatic carbocycles. The second-order valence-electron chi connectivity index (χ2n) is 6.69. The fourth-order valence-electron chi connectivity index (χ4n) is 2.91. The highest BCUT2D eigenvalue weighted by Gasteiger charge is 2.23. The summed E-state index contributed by atoms with van der Waals surface area (Å²) in [5.74, 6) is -2.13. The summed E-state index contributed by atoms with van der Waals surface area (Å²) in [5.41, 5.74) is 0.886. The van der Waals surface area contributed by atoms with Gasteiger partial charge in [-0.2, -0.15) is 0 Å². The Hall–Kier alpha value is -2.44. The Morgan fingerprint density at radius 3 is 3.07 bits per heavy atom. The summed E-state index contributed by atoms with van der Waals surface area (Å²) in [6.45, 7) is 3.04. The summed E-state index contributed by atoms with van der Waals surface area (Å²) in [6, 6.07) is 3.55. The summed E-state index contributed by atoms with van der Waals surface area (Å²) >= 11 is 2.44. The van der Waals surface area contributed by atoms with Crippen LogP contribution in [-0.4, -0.2) is 49.1 Å². The second-order valence-corrected chi connectivity index (χ2v) is 8.86. The predicted octanol–water partition coefficient (Wildman–Crippen LogP) is 3.37. The van der Waals surface area contributed by atoms with E-state index in [2.05, 4.69) is 25.8 Å². The standard InChI is InChI=1S/C18H18F2N6O2S2/c1-10(30-18-23-24-25-26(18)8-12-3-2-6-28-12)16(27)22-17-21-15(9-29-17)11-4-5-13(19)14(20)7-11/h4-5,7,9-10,12H,2-3,6,8H2,1H3,(H,21,22,27). The maximum Gasteiger partial charge on any atom is 0.239 e. The molecule has 12 heteroatoms. The lowest BCUT2D eigenvalue weighted by molar-refractivity contribution is -0.115. The molecule has 0 bridgehead atoms. The van der Waals surface area contributed by atoms with Gasteiger partial charge in [-0.25, -0.2) is 18.4 Å². The number of carbonyl (C=O) groups excluding carboxylic acids is 1. The third kappa shape index (κ3) is 4.82. The van der Waals surface area contributed by atoms with Crippen molar-refractivity contribution in [3.63, 3.8) is 0 Å². The second kappa shape index (κ2) is 9.14. The van der Waals surface area contributed by atoms with Crippen LogP contribution in [0.4, 0.5) is 13.9 Å². The zero-order valence-electron chi connectivity index (χ0n) is 15.9. The first-order valence-corrected chi connectivity index (χ1v) is 11.0. The number of thioether (sulfide) groups is 1. The molecule has 0 radical (unpaired) electrons. The van der Waals surface area contributed by atoms with Crippen molar-refractivity contribution in [1.29, 1.82) is 0 Å². The minimum atomic E-state index is -0.947. The molecule has 3 aromatic rings. The minimum absolute atomic E-state index is 0.0852. The highest BCUT2D eigenvalue weighted by Crippen LogP contribution is 2.28. The first kappa shape index (κ1) is 20.8. The lowest BCUT2D eigenvalue weighted by Crippen LogP contribution is -2.23. The third-order valence-electron chi connectivity index (χ3n) is 4.50. The lowest BCUT2D eigenvalue weighted by Gasteiger charge is -2.12. The summed E-state index contributed by atoms with van der Waals surface area (Å²) in [5, 5.41) is 16.5. The van der Waals surface area contributed by atoms with Crippen molar-refractivity contribution in [1.82, 2.24) is 25.2 Å². The molecular weight excluding hydrogens is 434 g/mol. The Morgan fingerprint density at radius 1 is 1.43 bits per heavy atom. The monoisotopic (exact) mass is 452 g/mol. The molecule has 1 saturated heterocycles. The van der Waals surface area contributed by atoms with Gasteiger partial charge in [0, 0.05) is 17.6 Å². The van der Waals surface area contributed by atoms with E-state index in [9.17, 15) is 13.6 Å². The van der Waals surface area contributed by atoms with Crippen LogP contribution in [0.5, 0.6) is 0 Å². The number of rotatable bonds is 7. The van der Waals surface area contributed by atoms with Crippen LogP contribution >= 0.6 is 23.1 Å². The van der Waals surface area contributed by atoms with Crippen molar-refractivity contribution in [3.05, 3.63) is 35.2 Å². The van der Waals surface area contributed by atoms with Gasteiger partial charge in [-0.15, -0.1) is 16.4 Å². The van der Waals surface area contributed by atoms with Crippen LogP contribution in [0.1, 0.15) is 19.8 Å². The smallest absolute Gasteiger partial charge is 0.239 e. The van der Waals surface area contributed by atoms with E-state index in [4.69, 9.17) is 4.74 Å².